The van der Waals surface area contributed by atoms with E-state index in [1.807, 2.05) is 18.2 Å². The molecule has 0 bridgehead atoms. The van der Waals surface area contributed by atoms with Crippen molar-refractivity contribution in [3.05, 3.63) is 33.2 Å². The topological polar surface area (TPSA) is 0 Å². The van der Waals surface area contributed by atoms with Gasteiger partial charge < -0.3 is 0 Å². The minimum Gasteiger partial charge on any atom is -0.168 e. The molecular formula is C6H3Br2Li. The molecular weight excluding hydrogens is 239 g/mol. The van der Waals surface area contributed by atoms with Crippen LogP contribution < -0.4 is 18.9 Å². The number of halogens is 2. The van der Waals surface area contributed by atoms with Crippen LogP contribution in [0, 0.1) is 6.07 Å². The Bertz CT molecular complexity index is 150. The first kappa shape index (κ1) is 9.78. The van der Waals surface area contributed by atoms with Crippen molar-refractivity contribution in [3.63, 3.8) is 0 Å². The molecule has 1 rings (SSSR count). The number of hydrogen-bond acceptors (Lipinski definition) is 0. The maximum atomic E-state index is 3.29. The summed E-state index contributed by atoms with van der Waals surface area (Å²) in [5.74, 6) is 0. The molecule has 0 aromatic heterocycles. The van der Waals surface area contributed by atoms with E-state index in [1.165, 1.54) is 0 Å². The second-order valence-corrected chi connectivity index (χ2v) is 3.12. The number of rotatable bonds is 0. The van der Waals surface area contributed by atoms with Crippen LogP contribution >= 0.6 is 31.9 Å². The predicted octanol–water partition coefficient (Wildman–Crippen LogP) is 0.0158. The van der Waals surface area contributed by atoms with E-state index in [0.717, 1.165) is 8.95 Å². The molecule has 0 atom stereocenters. The van der Waals surface area contributed by atoms with Crippen LogP contribution in [-0.4, -0.2) is 0 Å². The fourth-order valence-electron chi connectivity index (χ4n) is 0.387. The third-order valence-corrected chi connectivity index (χ3v) is 1.72. The minimum atomic E-state index is 0. The molecule has 0 spiro atoms. The summed E-state index contributed by atoms with van der Waals surface area (Å²) in [5.41, 5.74) is 0. The van der Waals surface area contributed by atoms with Gasteiger partial charge in [0.25, 0.3) is 0 Å². The van der Waals surface area contributed by atoms with Crippen LogP contribution in [0.15, 0.2) is 27.1 Å². The summed E-state index contributed by atoms with van der Waals surface area (Å²) >= 11 is 6.56. The van der Waals surface area contributed by atoms with Gasteiger partial charge in [-0.2, -0.15) is 24.3 Å². The van der Waals surface area contributed by atoms with Gasteiger partial charge in [0.2, 0.25) is 0 Å². The SMILES string of the molecule is Brc1[c-]cc(Br)cc1.[Li+]. The first-order valence-corrected chi connectivity index (χ1v) is 3.70. The third kappa shape index (κ3) is 3.47. The fourth-order valence-corrected chi connectivity index (χ4v) is 0.880. The maximum absolute atomic E-state index is 3.29. The molecule has 0 N–H and O–H groups in total. The summed E-state index contributed by atoms with van der Waals surface area (Å²) < 4.78 is 2.04. The van der Waals surface area contributed by atoms with Gasteiger partial charge in [-0.05, 0) is 0 Å². The average Bonchev–Trinajstić information content (AvgIpc) is 1.77. The van der Waals surface area contributed by atoms with Crippen LogP contribution in [0.2, 0.25) is 0 Å². The molecule has 0 saturated heterocycles. The third-order valence-electron chi connectivity index (χ3n) is 0.737. The zero-order chi connectivity index (χ0) is 5.98. The Labute approximate surface area is 83.5 Å². The van der Waals surface area contributed by atoms with Crippen molar-refractivity contribution in [2.45, 2.75) is 0 Å². The summed E-state index contributed by atoms with van der Waals surface area (Å²) in [5, 5.41) is 0. The van der Waals surface area contributed by atoms with Crippen molar-refractivity contribution in [2.75, 3.05) is 0 Å². The summed E-state index contributed by atoms with van der Waals surface area (Å²) in [6.45, 7) is 0. The molecule has 42 valence electrons. The van der Waals surface area contributed by atoms with Crippen molar-refractivity contribution >= 4 is 31.9 Å². The molecule has 0 amide bonds. The summed E-state index contributed by atoms with van der Waals surface area (Å²) in [6, 6.07) is 8.73. The molecule has 0 aliphatic rings. The smallest absolute Gasteiger partial charge is 0.168 e. The van der Waals surface area contributed by atoms with Crippen molar-refractivity contribution in [3.8, 4) is 0 Å². The van der Waals surface area contributed by atoms with E-state index < -0.39 is 0 Å². The first-order chi connectivity index (χ1) is 3.79. The van der Waals surface area contributed by atoms with Crippen LogP contribution in [0.4, 0.5) is 0 Å². The van der Waals surface area contributed by atoms with Gasteiger partial charge in [-0.1, -0.05) is 24.9 Å². The Hall–Kier alpha value is 0.777. The second-order valence-electron chi connectivity index (χ2n) is 1.35. The van der Waals surface area contributed by atoms with Crippen LogP contribution in [0.3, 0.4) is 0 Å². The Morgan fingerprint density at radius 2 is 1.89 bits per heavy atom. The first-order valence-electron chi connectivity index (χ1n) is 2.12. The van der Waals surface area contributed by atoms with E-state index in [1.54, 1.807) is 0 Å². The van der Waals surface area contributed by atoms with E-state index >= 15 is 0 Å². The van der Waals surface area contributed by atoms with E-state index in [0.29, 0.717) is 0 Å². The van der Waals surface area contributed by atoms with Gasteiger partial charge in [-0.25, -0.2) is 0 Å². The van der Waals surface area contributed by atoms with Gasteiger partial charge >= 0.3 is 18.9 Å². The van der Waals surface area contributed by atoms with Gasteiger partial charge in [0, 0.05) is 0 Å². The molecule has 1 aromatic carbocycles. The van der Waals surface area contributed by atoms with Crippen molar-refractivity contribution in [1.29, 1.82) is 0 Å². The average molecular weight is 242 g/mol. The Morgan fingerprint density at radius 3 is 2.22 bits per heavy atom. The van der Waals surface area contributed by atoms with Crippen LogP contribution in [0.1, 0.15) is 0 Å². The van der Waals surface area contributed by atoms with Crippen LogP contribution in [-0.2, 0) is 0 Å². The summed E-state index contributed by atoms with van der Waals surface area (Å²) in [4.78, 5) is 0. The zero-order valence-electron chi connectivity index (χ0n) is 4.99. The second kappa shape index (κ2) is 4.57. The maximum Gasteiger partial charge on any atom is 1.00 e. The normalized spacial score (nSPS) is 8.22. The predicted molar refractivity (Wildman–Crippen MR) is 40.7 cm³/mol. The number of benzene rings is 1. The van der Waals surface area contributed by atoms with Gasteiger partial charge in [0.1, 0.15) is 0 Å². The molecule has 0 unspecified atom stereocenters. The molecule has 0 radical (unpaired) electrons. The standard InChI is InChI=1S/C6H3Br2.Li/c7-5-1-2-6(8)4-3-5;/h1-3H;/q-1;+1. The van der Waals surface area contributed by atoms with Gasteiger partial charge in [0.15, 0.2) is 0 Å². The van der Waals surface area contributed by atoms with Crippen LogP contribution in [0.5, 0.6) is 0 Å². The molecule has 1 aromatic rings. The van der Waals surface area contributed by atoms with E-state index in [-0.39, 0.29) is 18.9 Å². The van der Waals surface area contributed by atoms with Crippen molar-refractivity contribution < 1.29 is 18.9 Å². The molecule has 9 heavy (non-hydrogen) atoms. The minimum absolute atomic E-state index is 0. The summed E-state index contributed by atoms with van der Waals surface area (Å²) in [6.07, 6.45) is 0. The van der Waals surface area contributed by atoms with E-state index in [9.17, 15) is 0 Å². The van der Waals surface area contributed by atoms with Crippen LogP contribution in [0.25, 0.3) is 0 Å². The molecule has 0 heterocycles. The number of hydrogen-bond donors (Lipinski definition) is 0. The molecule has 0 saturated carbocycles. The van der Waals surface area contributed by atoms with Gasteiger partial charge in [-0.15, -0.1) is 15.9 Å². The Morgan fingerprint density at radius 1 is 1.22 bits per heavy atom. The van der Waals surface area contributed by atoms with Crippen molar-refractivity contribution in [1.82, 2.24) is 0 Å². The largest absolute Gasteiger partial charge is 1.00 e. The molecule has 0 fully saturated rings. The molecule has 3 heteroatoms. The molecule has 0 aliphatic carbocycles. The Kier molecular flexibility index (Phi) is 4.97. The quantitative estimate of drug-likeness (QED) is 0.444. The monoisotopic (exact) mass is 240 g/mol. The van der Waals surface area contributed by atoms with Crippen molar-refractivity contribution in [2.24, 2.45) is 0 Å². The van der Waals surface area contributed by atoms with E-state index in [2.05, 4.69) is 37.9 Å². The van der Waals surface area contributed by atoms with Gasteiger partial charge in [-0.3, -0.25) is 0 Å². The van der Waals surface area contributed by atoms with E-state index in [4.69, 9.17) is 0 Å². The fraction of sp³-hybridized carbons (Fsp3) is 0. The van der Waals surface area contributed by atoms with Gasteiger partial charge in [0.05, 0.1) is 0 Å². The summed E-state index contributed by atoms with van der Waals surface area (Å²) in [7, 11) is 0. The Balaban J connectivity index is 0.000000640. The zero-order valence-corrected chi connectivity index (χ0v) is 8.16. The molecule has 0 aliphatic heterocycles. The molecule has 0 nitrogen and oxygen atoms in total.